The first kappa shape index (κ1) is 115. The number of aliphatic hydroxyl groups excluding tert-OH is 1. The van der Waals surface area contributed by atoms with Crippen LogP contribution in [0.5, 0.6) is 0 Å². The molecule has 0 spiro atoms. The number of phosphoric ester groups is 2. The van der Waals surface area contributed by atoms with Gasteiger partial charge >= 0.3 is 39.5 Å². The van der Waals surface area contributed by atoms with Crippen LogP contribution in [0, 0.1) is 5.92 Å². The average Bonchev–Trinajstić information content (AvgIpc) is 0.901. The van der Waals surface area contributed by atoms with Gasteiger partial charge in [0.15, 0.2) is 12.2 Å². The van der Waals surface area contributed by atoms with E-state index >= 15 is 0 Å². The molecule has 3 N–H and O–H groups in total. The summed E-state index contributed by atoms with van der Waals surface area (Å²) in [6.07, 6.45) is 89.1. The molecule has 0 rings (SSSR count). The van der Waals surface area contributed by atoms with E-state index in [1.54, 1.807) is 0 Å². The molecule has 0 bridgehead atoms. The molecule has 0 aliphatic heterocycles. The molecule has 0 aromatic carbocycles. The van der Waals surface area contributed by atoms with Gasteiger partial charge in [-0.25, -0.2) is 9.13 Å². The molecule has 0 aliphatic rings. The number of esters is 4. The Balaban J connectivity index is 5.24. The Hall–Kier alpha value is -1.94. The first-order valence-electron chi connectivity index (χ1n) is 50.7. The summed E-state index contributed by atoms with van der Waals surface area (Å²) in [4.78, 5) is 73.7. The second-order valence-electron chi connectivity index (χ2n) is 35.4. The third kappa shape index (κ3) is 90.1. The molecular formula is C98H192O17P2. The number of phosphoric acid groups is 2. The summed E-state index contributed by atoms with van der Waals surface area (Å²) in [6.45, 7) is 7.50. The largest absolute Gasteiger partial charge is 0.472 e. The first-order valence-corrected chi connectivity index (χ1v) is 53.7. The summed E-state index contributed by atoms with van der Waals surface area (Å²) in [5, 5.41) is 10.7. The van der Waals surface area contributed by atoms with Crippen LogP contribution in [0.15, 0.2) is 0 Å². The van der Waals surface area contributed by atoms with Gasteiger partial charge in [-0.2, -0.15) is 0 Å². The lowest BCUT2D eigenvalue weighted by Crippen LogP contribution is -2.30. The van der Waals surface area contributed by atoms with E-state index in [2.05, 4.69) is 34.6 Å². The first-order chi connectivity index (χ1) is 57.1. The Bertz CT molecular complexity index is 2210. The SMILES string of the molecule is CCCCCCCCCCCCCCCCCCCCCCCCC(=O)OC[C@H](COP(=O)(O)OC[C@@H](O)COP(=O)(O)OC[C@@H](COC(=O)CCCCCCCCCCCCCCC)OC(=O)CCCCCCCCCCCCCCCCCCCCCC)OC(=O)CCCCCCCCCCCCCCCCCCCCC(C)CC. The van der Waals surface area contributed by atoms with Crippen LogP contribution < -0.4 is 0 Å². The summed E-state index contributed by atoms with van der Waals surface area (Å²) in [5.74, 6) is -1.21. The van der Waals surface area contributed by atoms with E-state index in [9.17, 15) is 43.2 Å². The quantitative estimate of drug-likeness (QED) is 0.0222. The van der Waals surface area contributed by atoms with Gasteiger partial charge in [-0.05, 0) is 31.6 Å². The van der Waals surface area contributed by atoms with Crippen molar-refractivity contribution in [3.63, 3.8) is 0 Å². The summed E-state index contributed by atoms with van der Waals surface area (Å²) >= 11 is 0. The minimum absolute atomic E-state index is 0.110. The van der Waals surface area contributed by atoms with Crippen molar-refractivity contribution in [1.82, 2.24) is 0 Å². The third-order valence-electron chi connectivity index (χ3n) is 23.6. The predicted octanol–water partition coefficient (Wildman–Crippen LogP) is 31.1. The van der Waals surface area contributed by atoms with Crippen molar-refractivity contribution < 1.29 is 80.2 Å². The highest BCUT2D eigenvalue weighted by molar-refractivity contribution is 7.47. The van der Waals surface area contributed by atoms with Gasteiger partial charge in [-0.15, -0.1) is 0 Å². The van der Waals surface area contributed by atoms with E-state index in [0.717, 1.165) is 95.8 Å². The van der Waals surface area contributed by atoms with Gasteiger partial charge < -0.3 is 33.8 Å². The molecule has 0 saturated carbocycles. The lowest BCUT2D eigenvalue weighted by Gasteiger charge is -2.21. The second-order valence-corrected chi connectivity index (χ2v) is 38.3. The molecule has 0 aromatic heterocycles. The Kier molecular flexibility index (Phi) is 88.8. The fourth-order valence-corrected chi connectivity index (χ4v) is 17.1. The van der Waals surface area contributed by atoms with Crippen molar-refractivity contribution in [2.24, 2.45) is 5.92 Å². The number of rotatable bonds is 98. The normalized spacial score (nSPS) is 13.8. The number of unbranched alkanes of at least 4 members (excludes halogenated alkanes) is 69. The minimum atomic E-state index is -4.97. The van der Waals surface area contributed by atoms with Gasteiger partial charge in [-0.1, -0.05) is 490 Å². The van der Waals surface area contributed by atoms with Gasteiger partial charge in [-0.3, -0.25) is 37.3 Å². The van der Waals surface area contributed by atoms with Crippen molar-refractivity contribution in [2.75, 3.05) is 39.6 Å². The Morgan fingerprint density at radius 2 is 0.410 bits per heavy atom. The predicted molar refractivity (Wildman–Crippen MR) is 488 cm³/mol. The number of aliphatic hydroxyl groups is 1. The molecule has 0 aromatic rings. The van der Waals surface area contributed by atoms with Crippen LogP contribution in [0.2, 0.25) is 0 Å². The highest BCUT2D eigenvalue weighted by Gasteiger charge is 2.31. The number of hydrogen-bond acceptors (Lipinski definition) is 15. The van der Waals surface area contributed by atoms with Gasteiger partial charge in [0.05, 0.1) is 26.4 Å². The van der Waals surface area contributed by atoms with Crippen molar-refractivity contribution in [3.8, 4) is 0 Å². The van der Waals surface area contributed by atoms with Crippen molar-refractivity contribution in [2.45, 2.75) is 560 Å². The Morgan fingerprint density at radius 1 is 0.239 bits per heavy atom. The van der Waals surface area contributed by atoms with E-state index in [-0.39, 0.29) is 25.7 Å². The van der Waals surface area contributed by atoms with Crippen LogP contribution in [0.3, 0.4) is 0 Å². The van der Waals surface area contributed by atoms with Crippen molar-refractivity contribution in [3.05, 3.63) is 0 Å². The third-order valence-corrected chi connectivity index (χ3v) is 25.5. The molecular weight excluding hydrogens is 1510 g/mol. The van der Waals surface area contributed by atoms with Gasteiger partial charge in [0.2, 0.25) is 0 Å². The van der Waals surface area contributed by atoms with E-state index < -0.39 is 97.5 Å². The van der Waals surface area contributed by atoms with Gasteiger partial charge in [0, 0.05) is 25.7 Å². The molecule has 19 heteroatoms. The average molecular weight is 1700 g/mol. The van der Waals surface area contributed by atoms with Crippen molar-refractivity contribution in [1.29, 1.82) is 0 Å². The van der Waals surface area contributed by atoms with Crippen LogP contribution >= 0.6 is 15.6 Å². The molecule has 117 heavy (non-hydrogen) atoms. The standard InChI is InChI=1S/C98H192O17P2/c1-6-10-13-16-19-22-25-28-30-32-34-36-37-39-43-47-52-57-62-67-72-77-82-96(101)109-88-94(115-98(103)84-79-74-69-64-59-54-49-45-41-40-42-46-51-55-60-65-70-75-80-91(5)9-4)90-113-117(106,107)111-86-92(99)85-110-116(104,105)112-89-93(87-108-95(100)81-76-71-66-61-56-50-27-24-21-18-15-12-8-3)114-97(102)83-78-73-68-63-58-53-48-44-38-35-33-31-29-26-23-20-17-14-11-7-2/h91-94,99H,6-90H2,1-5H3,(H,104,105)(H,106,107)/t91?,92-,93+,94+/m0/s1. The summed E-state index contributed by atoms with van der Waals surface area (Å²) in [6, 6.07) is 0. The van der Waals surface area contributed by atoms with Crippen LogP contribution in [0.4, 0.5) is 0 Å². The molecule has 0 amide bonds. The highest BCUT2D eigenvalue weighted by Crippen LogP contribution is 2.45. The molecule has 696 valence electrons. The Morgan fingerprint density at radius 3 is 0.607 bits per heavy atom. The maximum absolute atomic E-state index is 13.2. The smallest absolute Gasteiger partial charge is 0.462 e. The molecule has 0 radical (unpaired) electrons. The number of hydrogen-bond donors (Lipinski definition) is 3. The fraction of sp³-hybridized carbons (Fsp3) is 0.959. The molecule has 3 unspecified atom stereocenters. The zero-order valence-electron chi connectivity index (χ0n) is 77.4. The van der Waals surface area contributed by atoms with Gasteiger partial charge in [0.25, 0.3) is 0 Å². The van der Waals surface area contributed by atoms with E-state index in [1.165, 1.54) is 366 Å². The maximum atomic E-state index is 13.2. The second kappa shape index (κ2) is 90.3. The zero-order valence-corrected chi connectivity index (χ0v) is 79.2. The number of carbonyl (C=O) groups excluding carboxylic acids is 4. The number of ether oxygens (including phenoxy) is 4. The Labute approximate surface area is 721 Å². The summed E-state index contributed by atoms with van der Waals surface area (Å²) in [5.41, 5.74) is 0. The maximum Gasteiger partial charge on any atom is 0.472 e. The van der Waals surface area contributed by atoms with E-state index in [1.807, 2.05) is 0 Å². The highest BCUT2D eigenvalue weighted by atomic mass is 31.2. The lowest BCUT2D eigenvalue weighted by atomic mass is 9.99. The molecule has 6 atom stereocenters. The topological polar surface area (TPSA) is 237 Å². The van der Waals surface area contributed by atoms with Gasteiger partial charge in [0.1, 0.15) is 19.3 Å². The minimum Gasteiger partial charge on any atom is -0.462 e. The molecule has 0 aliphatic carbocycles. The van der Waals surface area contributed by atoms with Crippen LogP contribution in [-0.4, -0.2) is 96.7 Å². The van der Waals surface area contributed by atoms with Crippen LogP contribution in [0.25, 0.3) is 0 Å². The monoisotopic (exact) mass is 1700 g/mol. The molecule has 0 fully saturated rings. The van der Waals surface area contributed by atoms with Crippen LogP contribution in [0.1, 0.15) is 542 Å². The summed E-state index contributed by atoms with van der Waals surface area (Å²) in [7, 11) is -9.94. The number of carbonyl (C=O) groups is 4. The zero-order chi connectivity index (χ0) is 85.4. The van der Waals surface area contributed by atoms with E-state index in [4.69, 9.17) is 37.0 Å². The lowest BCUT2D eigenvalue weighted by molar-refractivity contribution is -0.161. The fourth-order valence-electron chi connectivity index (χ4n) is 15.6. The molecule has 0 saturated heterocycles. The van der Waals surface area contributed by atoms with Crippen LogP contribution in [-0.2, 0) is 65.4 Å². The molecule has 17 nitrogen and oxygen atoms in total. The molecule has 0 heterocycles. The summed E-state index contributed by atoms with van der Waals surface area (Å²) < 4.78 is 69.3. The van der Waals surface area contributed by atoms with Crippen molar-refractivity contribution >= 4 is 39.5 Å². The van der Waals surface area contributed by atoms with E-state index in [0.29, 0.717) is 25.7 Å².